The van der Waals surface area contributed by atoms with Crippen molar-refractivity contribution in [3.05, 3.63) is 64.3 Å². The van der Waals surface area contributed by atoms with Crippen LogP contribution in [-0.2, 0) is 26.2 Å². The SMILES string of the molecule is CC1=[C-]C2=Cc3ccccc3C(Br)C2=C1.[Cl-].[Cl-].[Cl-].[Zr+4]. The average molecular weight is 456 g/mol. The minimum Gasteiger partial charge on any atom is -1.00 e. The minimum atomic E-state index is 0. The molecule has 1 aromatic rings. The van der Waals surface area contributed by atoms with Gasteiger partial charge in [-0.3, -0.25) is 0 Å². The Morgan fingerprint density at radius 2 is 1.68 bits per heavy atom. The van der Waals surface area contributed by atoms with Crippen molar-refractivity contribution in [2.24, 2.45) is 0 Å². The van der Waals surface area contributed by atoms with Crippen molar-refractivity contribution in [2.75, 3.05) is 0 Å². The zero-order chi connectivity index (χ0) is 10.4. The van der Waals surface area contributed by atoms with Crippen molar-refractivity contribution in [1.29, 1.82) is 0 Å². The van der Waals surface area contributed by atoms with Crippen LogP contribution in [0.2, 0.25) is 0 Å². The van der Waals surface area contributed by atoms with Gasteiger partial charge in [0.2, 0.25) is 0 Å². The molecule has 98 valence electrons. The van der Waals surface area contributed by atoms with Gasteiger partial charge < -0.3 is 37.2 Å². The van der Waals surface area contributed by atoms with Gasteiger partial charge in [-0.1, -0.05) is 52.7 Å². The topological polar surface area (TPSA) is 0 Å². The first-order valence-electron chi connectivity index (χ1n) is 5.03. The summed E-state index contributed by atoms with van der Waals surface area (Å²) in [5.74, 6) is 0. The van der Waals surface area contributed by atoms with Gasteiger partial charge in [-0.2, -0.15) is 11.6 Å². The van der Waals surface area contributed by atoms with Crippen LogP contribution in [0.25, 0.3) is 6.08 Å². The van der Waals surface area contributed by atoms with E-state index in [4.69, 9.17) is 0 Å². The molecule has 0 amide bonds. The Bertz CT molecular complexity index is 535. The van der Waals surface area contributed by atoms with Gasteiger partial charge in [0.25, 0.3) is 0 Å². The first kappa shape index (κ1) is 22.0. The van der Waals surface area contributed by atoms with E-state index in [9.17, 15) is 0 Å². The molecule has 19 heavy (non-hydrogen) atoms. The predicted octanol–water partition coefficient (Wildman–Crippen LogP) is -4.78. The zero-order valence-corrected chi connectivity index (χ0v) is 16.4. The van der Waals surface area contributed by atoms with Crippen molar-refractivity contribution in [3.63, 3.8) is 0 Å². The van der Waals surface area contributed by atoms with Crippen LogP contribution in [0.1, 0.15) is 22.9 Å². The Balaban J connectivity index is 0. The van der Waals surface area contributed by atoms with Crippen LogP contribution >= 0.6 is 15.9 Å². The summed E-state index contributed by atoms with van der Waals surface area (Å²) in [5.41, 5.74) is 6.44. The van der Waals surface area contributed by atoms with E-state index in [0.717, 1.165) is 0 Å². The van der Waals surface area contributed by atoms with Crippen molar-refractivity contribution >= 4 is 22.0 Å². The van der Waals surface area contributed by atoms with E-state index in [2.05, 4.69) is 65.3 Å². The average Bonchev–Trinajstić information content (AvgIpc) is 2.59. The summed E-state index contributed by atoms with van der Waals surface area (Å²) in [7, 11) is 0. The molecule has 3 rings (SSSR count). The maximum absolute atomic E-state index is 3.76. The van der Waals surface area contributed by atoms with Gasteiger partial charge in [0, 0.05) is 4.83 Å². The number of fused-ring (bicyclic) bond motifs is 2. The summed E-state index contributed by atoms with van der Waals surface area (Å²) >= 11 is 3.76. The fourth-order valence-corrected chi connectivity index (χ4v) is 2.95. The molecule has 1 aromatic carbocycles. The Kier molecular flexibility index (Phi) is 10.2. The maximum Gasteiger partial charge on any atom is 4.00 e. The van der Waals surface area contributed by atoms with Crippen LogP contribution in [0.3, 0.4) is 0 Å². The summed E-state index contributed by atoms with van der Waals surface area (Å²) in [5, 5.41) is 0. The molecule has 0 aromatic heterocycles. The van der Waals surface area contributed by atoms with Crippen molar-refractivity contribution < 1.29 is 63.4 Å². The monoisotopic (exact) mass is 452 g/mol. The fourth-order valence-electron chi connectivity index (χ4n) is 2.16. The summed E-state index contributed by atoms with van der Waals surface area (Å²) in [6.45, 7) is 2.09. The molecule has 0 saturated heterocycles. The summed E-state index contributed by atoms with van der Waals surface area (Å²) in [4.78, 5) is 0.318. The van der Waals surface area contributed by atoms with Gasteiger partial charge in [-0.15, -0.1) is 23.3 Å². The van der Waals surface area contributed by atoms with Gasteiger partial charge in [-0.25, -0.2) is 0 Å². The second-order valence-electron chi connectivity index (χ2n) is 3.96. The number of hydrogen-bond donors (Lipinski definition) is 0. The molecule has 0 heterocycles. The van der Waals surface area contributed by atoms with Crippen molar-refractivity contribution in [2.45, 2.75) is 11.8 Å². The van der Waals surface area contributed by atoms with E-state index < -0.39 is 0 Å². The van der Waals surface area contributed by atoms with Gasteiger partial charge in [0.15, 0.2) is 0 Å². The molecule has 1 atom stereocenters. The van der Waals surface area contributed by atoms with Crippen molar-refractivity contribution in [3.8, 4) is 0 Å². The molecule has 0 saturated carbocycles. The van der Waals surface area contributed by atoms with Crippen LogP contribution in [0, 0.1) is 6.08 Å². The first-order valence-corrected chi connectivity index (χ1v) is 5.94. The third-order valence-electron chi connectivity index (χ3n) is 2.86. The summed E-state index contributed by atoms with van der Waals surface area (Å²) in [6.07, 6.45) is 7.81. The molecule has 0 spiro atoms. The molecule has 1 unspecified atom stereocenters. The number of rotatable bonds is 0. The van der Waals surface area contributed by atoms with Gasteiger partial charge >= 0.3 is 26.2 Å². The summed E-state index contributed by atoms with van der Waals surface area (Å²) < 4.78 is 0. The molecule has 0 nitrogen and oxygen atoms in total. The van der Waals surface area contributed by atoms with Crippen LogP contribution < -0.4 is 37.2 Å². The van der Waals surface area contributed by atoms with Crippen LogP contribution in [-0.4, -0.2) is 0 Å². The number of alkyl halides is 1. The quantitative estimate of drug-likeness (QED) is 0.272. The smallest absolute Gasteiger partial charge is 1.00 e. The van der Waals surface area contributed by atoms with Gasteiger partial charge in [-0.05, 0) is 5.56 Å². The molecular formula is C14H10BrCl3Zr. The third-order valence-corrected chi connectivity index (χ3v) is 3.84. The first-order chi connectivity index (χ1) is 7.25. The minimum absolute atomic E-state index is 0. The Morgan fingerprint density at radius 3 is 2.37 bits per heavy atom. The van der Waals surface area contributed by atoms with E-state index in [0.29, 0.717) is 4.83 Å². The van der Waals surface area contributed by atoms with Crippen molar-refractivity contribution in [1.82, 2.24) is 0 Å². The number of benzene rings is 1. The van der Waals surface area contributed by atoms with Crippen LogP contribution in [0.5, 0.6) is 0 Å². The van der Waals surface area contributed by atoms with Gasteiger partial charge in [0.05, 0.1) is 0 Å². The van der Waals surface area contributed by atoms with E-state index in [1.807, 2.05) is 0 Å². The molecule has 0 aliphatic heterocycles. The summed E-state index contributed by atoms with van der Waals surface area (Å²) in [6, 6.07) is 8.50. The molecule has 2 aliphatic carbocycles. The Labute approximate surface area is 160 Å². The molecular weight excluding hydrogens is 446 g/mol. The molecule has 5 heteroatoms. The molecule has 0 radical (unpaired) electrons. The van der Waals surface area contributed by atoms with Crippen LogP contribution in [0.4, 0.5) is 0 Å². The molecule has 0 bridgehead atoms. The second kappa shape index (κ2) is 8.85. The fraction of sp³-hybridized carbons (Fsp3) is 0.143. The Hall–Kier alpha value is 0.673. The molecule has 0 N–H and O–H groups in total. The van der Waals surface area contributed by atoms with Gasteiger partial charge in [0.1, 0.15) is 0 Å². The Morgan fingerprint density at radius 1 is 1.05 bits per heavy atom. The molecule has 2 aliphatic rings. The van der Waals surface area contributed by atoms with Crippen LogP contribution in [0.15, 0.2) is 47.1 Å². The number of halogens is 4. The maximum atomic E-state index is 3.76. The van der Waals surface area contributed by atoms with E-state index in [-0.39, 0.29) is 63.4 Å². The number of hydrogen-bond acceptors (Lipinski definition) is 0. The second-order valence-corrected chi connectivity index (χ2v) is 4.87. The normalized spacial score (nSPS) is 17.8. The number of allylic oxidation sites excluding steroid dienone is 5. The van der Waals surface area contributed by atoms with E-state index in [1.165, 1.54) is 27.8 Å². The zero-order valence-electron chi connectivity index (χ0n) is 10.1. The van der Waals surface area contributed by atoms with E-state index in [1.54, 1.807) is 0 Å². The van der Waals surface area contributed by atoms with E-state index >= 15 is 0 Å². The largest absolute Gasteiger partial charge is 4.00 e. The third kappa shape index (κ3) is 4.08. The standard InChI is InChI=1S/C14H10Br.3ClH.Zr/c1-9-6-11-8-10-4-2-3-5-12(10)14(15)13(11)7-9;;;;/h2-5,7-8,14H,1H3;3*1H;/q-1;;;;+4/p-3. The predicted molar refractivity (Wildman–Crippen MR) is 66.6 cm³/mol. The molecule has 0 fully saturated rings.